The summed E-state index contributed by atoms with van der Waals surface area (Å²) in [6.45, 7) is 2.09. The first-order valence-corrected chi connectivity index (χ1v) is 9.40. The molecule has 0 fully saturated rings. The smallest absolute Gasteiger partial charge is 0.870 e. The van der Waals surface area contributed by atoms with E-state index in [4.69, 9.17) is 4.74 Å². The molecule has 1 N–H and O–H groups in total. The van der Waals surface area contributed by atoms with Crippen LogP contribution in [0.5, 0.6) is 17.2 Å². The summed E-state index contributed by atoms with van der Waals surface area (Å²) in [5.74, 6) is -0.0106. The molecule has 0 heterocycles. The number of hydrogen-bond acceptors (Lipinski definition) is 4. The van der Waals surface area contributed by atoms with E-state index in [1.54, 1.807) is 30.3 Å². The van der Waals surface area contributed by atoms with Gasteiger partial charge in [0.05, 0.1) is 4.90 Å². The zero-order valence-electron chi connectivity index (χ0n) is 14.6. The average Bonchev–Trinajstić information content (AvgIpc) is 2.54. The van der Waals surface area contributed by atoms with Gasteiger partial charge in [0.15, 0.2) is 0 Å². The Morgan fingerprint density at radius 3 is 2.36 bits per heavy atom. The summed E-state index contributed by atoms with van der Waals surface area (Å²) in [6, 6.07) is 10.9. The topological polar surface area (TPSA) is 86.7 Å². The summed E-state index contributed by atoms with van der Waals surface area (Å²) in [5.41, 5.74) is 0.340. The third-order valence-corrected chi connectivity index (χ3v) is 4.51. The molecular formula is C18H21KO5S. The van der Waals surface area contributed by atoms with Gasteiger partial charge in [0.25, 0.3) is 10.1 Å². The van der Waals surface area contributed by atoms with Gasteiger partial charge < -0.3 is 9.84 Å². The van der Waals surface area contributed by atoms with Crippen LogP contribution in [-0.4, -0.2) is 13.0 Å². The maximum atomic E-state index is 12.5. The van der Waals surface area contributed by atoms with Crippen LogP contribution in [0.4, 0.5) is 0 Å². The van der Waals surface area contributed by atoms with E-state index >= 15 is 0 Å². The monoisotopic (exact) mass is 388 g/mol. The molecule has 0 unspecified atom stereocenters. The third kappa shape index (κ3) is 7.01. The largest absolute Gasteiger partial charge is 1.00 e. The predicted molar refractivity (Wildman–Crippen MR) is 90.1 cm³/mol. The number of benzene rings is 2. The predicted octanol–water partition coefficient (Wildman–Crippen LogP) is 0.926. The molecule has 0 atom stereocenters. The van der Waals surface area contributed by atoms with Crippen molar-refractivity contribution in [3.05, 3.63) is 48.0 Å². The molecule has 0 aliphatic heterocycles. The van der Waals surface area contributed by atoms with E-state index in [2.05, 4.69) is 6.92 Å². The zero-order chi connectivity index (χ0) is 17.6. The second-order valence-corrected chi connectivity index (χ2v) is 7.03. The fraction of sp³-hybridized carbons (Fsp3) is 0.333. The van der Waals surface area contributed by atoms with Gasteiger partial charge in [-0.05, 0) is 31.0 Å². The van der Waals surface area contributed by atoms with Crippen LogP contribution >= 0.6 is 0 Å². The zero-order valence-corrected chi connectivity index (χ0v) is 18.5. The van der Waals surface area contributed by atoms with Crippen molar-refractivity contribution in [1.82, 2.24) is 0 Å². The number of para-hydroxylation sites is 1. The van der Waals surface area contributed by atoms with E-state index in [0.29, 0.717) is 17.7 Å². The molecule has 0 spiro atoms. The number of aryl methyl sites for hydroxylation is 1. The Bertz CT molecular complexity index is 776. The normalized spacial score (nSPS) is 11.0. The first-order valence-electron chi connectivity index (χ1n) is 7.96. The van der Waals surface area contributed by atoms with Gasteiger partial charge in [-0.25, -0.2) is 0 Å². The van der Waals surface area contributed by atoms with Gasteiger partial charge in [-0.15, -0.1) is 0 Å². The number of ether oxygens (including phenoxy) is 1. The van der Waals surface area contributed by atoms with Crippen molar-refractivity contribution in [2.24, 2.45) is 0 Å². The van der Waals surface area contributed by atoms with Crippen molar-refractivity contribution in [3.63, 3.8) is 0 Å². The molecule has 0 saturated carbocycles. The van der Waals surface area contributed by atoms with Crippen LogP contribution in [0, 0.1) is 0 Å². The van der Waals surface area contributed by atoms with E-state index < -0.39 is 10.1 Å². The van der Waals surface area contributed by atoms with Crippen LogP contribution in [0.1, 0.15) is 38.2 Å². The standard InChI is InChI=1S/C18H22O5S.K/c1-2-3-4-6-9-14-12-16(24(20,21)22)13-17(18(14)19)23-15-10-7-5-8-11-15;/h5,7-8,10-13,19H,2-4,6,9H2,1H3,(H,20,21,22);/q;+1/p-1. The summed E-state index contributed by atoms with van der Waals surface area (Å²) in [5, 5.41) is 12.5. The summed E-state index contributed by atoms with van der Waals surface area (Å²) in [7, 11) is -4.41. The maximum absolute atomic E-state index is 12.5. The maximum Gasteiger partial charge on any atom is 1.00 e. The second kappa shape index (κ2) is 10.7. The van der Waals surface area contributed by atoms with Gasteiger partial charge in [-0.2, -0.15) is 8.42 Å². The minimum atomic E-state index is -4.41. The molecule has 2 aromatic carbocycles. The number of unbranched alkanes of at least 4 members (excludes halogenated alkanes) is 3. The van der Waals surface area contributed by atoms with Gasteiger partial charge >= 0.3 is 51.4 Å². The van der Waals surface area contributed by atoms with Crippen LogP contribution in [0.3, 0.4) is 0 Å². The Morgan fingerprint density at radius 1 is 1.08 bits per heavy atom. The molecule has 0 radical (unpaired) electrons. The molecule has 0 aromatic heterocycles. The average molecular weight is 389 g/mol. The molecular weight excluding hydrogens is 367 g/mol. The van der Waals surface area contributed by atoms with Crippen molar-refractivity contribution >= 4 is 10.1 Å². The molecule has 5 nitrogen and oxygen atoms in total. The molecule has 0 aliphatic rings. The Morgan fingerprint density at radius 2 is 1.76 bits per heavy atom. The minimum Gasteiger partial charge on any atom is -0.870 e. The van der Waals surface area contributed by atoms with Gasteiger partial charge in [0.1, 0.15) is 11.5 Å². The molecule has 0 amide bonds. The Balaban J connectivity index is 0.00000312. The quantitative estimate of drug-likeness (QED) is 0.413. The van der Waals surface area contributed by atoms with Gasteiger partial charge in [0, 0.05) is 6.07 Å². The van der Waals surface area contributed by atoms with Crippen LogP contribution in [0.2, 0.25) is 0 Å². The van der Waals surface area contributed by atoms with Crippen molar-refractivity contribution in [2.45, 2.75) is 43.9 Å². The van der Waals surface area contributed by atoms with Crippen molar-refractivity contribution in [3.8, 4) is 17.2 Å². The molecule has 0 bridgehead atoms. The molecule has 0 saturated heterocycles. The molecule has 2 rings (SSSR count). The fourth-order valence-electron chi connectivity index (χ4n) is 2.40. The van der Waals surface area contributed by atoms with Crippen LogP contribution in [-0.2, 0) is 16.5 Å². The number of hydrogen-bond donors (Lipinski definition) is 1. The van der Waals surface area contributed by atoms with E-state index in [1.807, 2.05) is 0 Å². The molecule has 0 aliphatic carbocycles. The van der Waals surface area contributed by atoms with Crippen LogP contribution in [0.25, 0.3) is 0 Å². The van der Waals surface area contributed by atoms with Crippen molar-refractivity contribution < 1.29 is 74.2 Å². The van der Waals surface area contributed by atoms with Gasteiger partial charge in [0.2, 0.25) is 0 Å². The number of rotatable bonds is 8. The van der Waals surface area contributed by atoms with Crippen LogP contribution in [0.15, 0.2) is 47.4 Å². The van der Waals surface area contributed by atoms with E-state index in [9.17, 15) is 18.1 Å². The minimum absolute atomic E-state index is 0. The second-order valence-electron chi connectivity index (χ2n) is 5.61. The van der Waals surface area contributed by atoms with Crippen molar-refractivity contribution in [1.29, 1.82) is 0 Å². The van der Waals surface area contributed by atoms with Crippen LogP contribution < -0.4 is 61.2 Å². The summed E-state index contributed by atoms with van der Waals surface area (Å²) < 4.78 is 37.8. The van der Waals surface area contributed by atoms with E-state index in [1.165, 1.54) is 6.07 Å². The molecule has 7 heteroatoms. The van der Waals surface area contributed by atoms with Gasteiger partial charge in [-0.3, -0.25) is 4.55 Å². The van der Waals surface area contributed by atoms with Gasteiger partial charge in [-0.1, -0.05) is 55.7 Å². The van der Waals surface area contributed by atoms with E-state index in [0.717, 1.165) is 31.7 Å². The molecule has 25 heavy (non-hydrogen) atoms. The first-order chi connectivity index (χ1) is 11.4. The first kappa shape index (κ1) is 22.6. The molecule has 130 valence electrons. The van der Waals surface area contributed by atoms with E-state index in [-0.39, 0.29) is 67.8 Å². The fourth-order valence-corrected chi connectivity index (χ4v) is 2.95. The summed E-state index contributed by atoms with van der Waals surface area (Å²) in [6.07, 6.45) is 4.31. The third-order valence-electron chi connectivity index (χ3n) is 3.67. The Labute approximate surface area is 191 Å². The Kier molecular flexibility index (Phi) is 9.65. The Hall–Kier alpha value is -0.414. The SMILES string of the molecule is CCCCCCc1cc(S(=O)(=O)O)cc(Oc2ccccc2)c1[O-].[K+]. The van der Waals surface area contributed by atoms with Crippen molar-refractivity contribution in [2.75, 3.05) is 0 Å². The summed E-state index contributed by atoms with van der Waals surface area (Å²) in [4.78, 5) is -0.321. The molecule has 2 aromatic rings. The summed E-state index contributed by atoms with van der Waals surface area (Å²) >= 11 is 0.